The molecule has 1 fully saturated rings. The molecule has 18 heavy (non-hydrogen) atoms. The van der Waals surface area contributed by atoms with Crippen LogP contribution in [0.15, 0.2) is 22.8 Å². The molecule has 0 spiro atoms. The average Bonchev–Trinajstić information content (AvgIpc) is 2.37. The van der Waals surface area contributed by atoms with Gasteiger partial charge in [-0.2, -0.15) is 0 Å². The lowest BCUT2D eigenvalue weighted by Crippen LogP contribution is -2.44. The third-order valence-electron chi connectivity index (χ3n) is 3.37. The van der Waals surface area contributed by atoms with Crippen LogP contribution in [0.5, 0.6) is 0 Å². The van der Waals surface area contributed by atoms with Crippen LogP contribution in [0, 0.1) is 0 Å². The first kappa shape index (κ1) is 13.5. The highest BCUT2D eigenvalue weighted by Gasteiger charge is 2.19. The van der Waals surface area contributed by atoms with Gasteiger partial charge in [0, 0.05) is 12.6 Å². The molecule has 4 nitrogen and oxygen atoms in total. The number of likely N-dealkylation sites (tertiary alicyclic amines) is 1. The van der Waals surface area contributed by atoms with E-state index in [9.17, 15) is 4.79 Å². The molecule has 1 N–H and O–H groups in total. The van der Waals surface area contributed by atoms with E-state index in [1.165, 1.54) is 12.8 Å². The van der Waals surface area contributed by atoms with Gasteiger partial charge in [0.25, 0.3) is 5.91 Å². The van der Waals surface area contributed by atoms with Gasteiger partial charge in [-0.15, -0.1) is 0 Å². The van der Waals surface area contributed by atoms with Crippen LogP contribution < -0.4 is 5.32 Å². The van der Waals surface area contributed by atoms with Crippen molar-refractivity contribution in [3.05, 3.63) is 28.5 Å². The molecule has 1 unspecified atom stereocenters. The number of amides is 1. The standard InChI is InChI=1S/C13H18BrN3O/c1-17-8-3-2-5-10(17)9-15-13(18)11-6-4-7-12(14)16-11/h4,6-7,10H,2-3,5,8-9H2,1H3,(H,15,18). The zero-order chi connectivity index (χ0) is 13.0. The van der Waals surface area contributed by atoms with Crippen molar-refractivity contribution < 1.29 is 4.79 Å². The quantitative estimate of drug-likeness (QED) is 0.869. The third kappa shape index (κ3) is 3.53. The molecule has 0 radical (unpaired) electrons. The van der Waals surface area contributed by atoms with Crippen molar-refractivity contribution in [1.82, 2.24) is 15.2 Å². The minimum absolute atomic E-state index is 0.102. The first-order chi connectivity index (χ1) is 8.66. The van der Waals surface area contributed by atoms with Gasteiger partial charge in [0.1, 0.15) is 10.3 Å². The summed E-state index contributed by atoms with van der Waals surface area (Å²) < 4.78 is 0.685. The van der Waals surface area contributed by atoms with Crippen molar-refractivity contribution in [2.75, 3.05) is 20.1 Å². The summed E-state index contributed by atoms with van der Waals surface area (Å²) in [5, 5.41) is 2.96. The van der Waals surface area contributed by atoms with Gasteiger partial charge in [0.15, 0.2) is 0 Å². The van der Waals surface area contributed by atoms with Gasteiger partial charge >= 0.3 is 0 Å². The van der Waals surface area contributed by atoms with Crippen LogP contribution in [0.4, 0.5) is 0 Å². The number of nitrogens with one attached hydrogen (secondary N) is 1. The Hall–Kier alpha value is -0.940. The fraction of sp³-hybridized carbons (Fsp3) is 0.538. The van der Waals surface area contributed by atoms with Crippen molar-refractivity contribution in [3.63, 3.8) is 0 Å². The second-order valence-electron chi connectivity index (χ2n) is 4.69. The van der Waals surface area contributed by atoms with E-state index in [4.69, 9.17) is 0 Å². The summed E-state index contributed by atoms with van der Waals surface area (Å²) in [7, 11) is 2.12. The normalized spacial score (nSPS) is 20.7. The molecule has 0 saturated carbocycles. The number of hydrogen-bond acceptors (Lipinski definition) is 3. The molecular formula is C13H18BrN3O. The summed E-state index contributed by atoms with van der Waals surface area (Å²) in [6.45, 7) is 1.82. The molecule has 1 amide bonds. The van der Waals surface area contributed by atoms with Crippen LogP contribution in [0.25, 0.3) is 0 Å². The Morgan fingerprint density at radius 3 is 3.11 bits per heavy atom. The summed E-state index contributed by atoms with van der Waals surface area (Å²) >= 11 is 3.27. The van der Waals surface area contributed by atoms with Gasteiger partial charge in [-0.25, -0.2) is 4.98 Å². The summed E-state index contributed by atoms with van der Waals surface area (Å²) in [5.74, 6) is -0.102. The highest BCUT2D eigenvalue weighted by atomic mass is 79.9. The van der Waals surface area contributed by atoms with Crippen molar-refractivity contribution in [2.24, 2.45) is 0 Å². The molecule has 1 aromatic rings. The summed E-state index contributed by atoms with van der Waals surface area (Å²) in [5.41, 5.74) is 0.461. The second kappa shape index (κ2) is 6.29. The summed E-state index contributed by atoms with van der Waals surface area (Å²) in [4.78, 5) is 18.4. The van der Waals surface area contributed by atoms with Crippen molar-refractivity contribution >= 4 is 21.8 Å². The molecular weight excluding hydrogens is 294 g/mol. The van der Waals surface area contributed by atoms with Crippen LogP contribution in [0.2, 0.25) is 0 Å². The van der Waals surface area contributed by atoms with Crippen LogP contribution >= 0.6 is 15.9 Å². The number of halogens is 1. The van der Waals surface area contributed by atoms with E-state index in [-0.39, 0.29) is 5.91 Å². The monoisotopic (exact) mass is 311 g/mol. The topological polar surface area (TPSA) is 45.2 Å². The molecule has 98 valence electrons. The first-order valence-corrected chi connectivity index (χ1v) is 7.07. The lowest BCUT2D eigenvalue weighted by atomic mass is 10.0. The van der Waals surface area contributed by atoms with Crippen LogP contribution in [-0.4, -0.2) is 42.0 Å². The van der Waals surface area contributed by atoms with Gasteiger partial charge in [0.2, 0.25) is 0 Å². The maximum atomic E-state index is 11.9. The Kier molecular flexibility index (Phi) is 4.72. The zero-order valence-corrected chi connectivity index (χ0v) is 12.1. The molecule has 0 bridgehead atoms. The van der Waals surface area contributed by atoms with E-state index in [1.54, 1.807) is 6.07 Å². The van der Waals surface area contributed by atoms with E-state index in [1.807, 2.05) is 12.1 Å². The maximum absolute atomic E-state index is 11.9. The fourth-order valence-electron chi connectivity index (χ4n) is 2.24. The van der Waals surface area contributed by atoms with E-state index >= 15 is 0 Å². The number of likely N-dealkylation sites (N-methyl/N-ethyl adjacent to an activating group) is 1. The second-order valence-corrected chi connectivity index (χ2v) is 5.50. The predicted molar refractivity (Wildman–Crippen MR) is 74.5 cm³/mol. The largest absolute Gasteiger partial charge is 0.349 e. The highest BCUT2D eigenvalue weighted by molar-refractivity contribution is 9.10. The number of nitrogens with zero attached hydrogens (tertiary/aromatic N) is 2. The number of piperidine rings is 1. The SMILES string of the molecule is CN1CCCCC1CNC(=O)c1cccc(Br)n1. The number of carbonyl (C=O) groups excluding carboxylic acids is 1. The Bertz CT molecular complexity index is 424. The molecule has 2 rings (SSSR count). The van der Waals surface area contributed by atoms with E-state index < -0.39 is 0 Å². The molecule has 1 atom stereocenters. The van der Waals surface area contributed by atoms with Gasteiger partial charge in [-0.1, -0.05) is 12.5 Å². The Balaban J connectivity index is 1.88. The number of carbonyl (C=O) groups is 1. The molecule has 2 heterocycles. The number of hydrogen-bond donors (Lipinski definition) is 1. The first-order valence-electron chi connectivity index (χ1n) is 6.28. The fourth-order valence-corrected chi connectivity index (χ4v) is 2.58. The number of pyridine rings is 1. The lowest BCUT2D eigenvalue weighted by molar-refractivity contribution is 0.0923. The van der Waals surface area contributed by atoms with E-state index in [2.05, 4.69) is 38.2 Å². The molecule has 5 heteroatoms. The van der Waals surface area contributed by atoms with Gasteiger partial charge < -0.3 is 10.2 Å². The van der Waals surface area contributed by atoms with Gasteiger partial charge in [-0.05, 0) is 54.5 Å². The maximum Gasteiger partial charge on any atom is 0.269 e. The highest BCUT2D eigenvalue weighted by Crippen LogP contribution is 2.14. The van der Waals surface area contributed by atoms with Gasteiger partial charge in [-0.3, -0.25) is 4.79 Å². The van der Waals surface area contributed by atoms with E-state index in [0.717, 1.165) is 13.0 Å². The van der Waals surface area contributed by atoms with Crippen molar-refractivity contribution in [3.8, 4) is 0 Å². The van der Waals surface area contributed by atoms with Crippen molar-refractivity contribution in [2.45, 2.75) is 25.3 Å². The minimum Gasteiger partial charge on any atom is -0.349 e. The summed E-state index contributed by atoms with van der Waals surface area (Å²) in [6, 6.07) is 5.81. The predicted octanol–water partition coefficient (Wildman–Crippen LogP) is 2.06. The number of aromatic nitrogens is 1. The molecule has 1 aliphatic rings. The summed E-state index contributed by atoms with van der Waals surface area (Å²) in [6.07, 6.45) is 3.66. The smallest absolute Gasteiger partial charge is 0.269 e. The van der Waals surface area contributed by atoms with E-state index in [0.29, 0.717) is 22.9 Å². The van der Waals surface area contributed by atoms with Crippen molar-refractivity contribution in [1.29, 1.82) is 0 Å². The molecule has 1 aliphatic heterocycles. The Morgan fingerprint density at radius 1 is 1.56 bits per heavy atom. The molecule has 0 aliphatic carbocycles. The Morgan fingerprint density at radius 2 is 2.39 bits per heavy atom. The van der Waals surface area contributed by atoms with Crippen LogP contribution in [0.3, 0.4) is 0 Å². The average molecular weight is 312 g/mol. The van der Waals surface area contributed by atoms with Crippen LogP contribution in [-0.2, 0) is 0 Å². The van der Waals surface area contributed by atoms with Gasteiger partial charge in [0.05, 0.1) is 0 Å². The lowest BCUT2D eigenvalue weighted by Gasteiger charge is -2.32. The zero-order valence-electron chi connectivity index (χ0n) is 10.5. The number of rotatable bonds is 3. The van der Waals surface area contributed by atoms with Crippen LogP contribution in [0.1, 0.15) is 29.8 Å². The Labute approximate surface area is 116 Å². The minimum atomic E-state index is -0.102. The third-order valence-corrected chi connectivity index (χ3v) is 3.81. The molecule has 1 saturated heterocycles. The molecule has 1 aromatic heterocycles. The molecule has 0 aromatic carbocycles.